The van der Waals surface area contributed by atoms with Crippen molar-refractivity contribution in [3.05, 3.63) is 24.3 Å². The van der Waals surface area contributed by atoms with Gasteiger partial charge in [0.1, 0.15) is 4.90 Å². The van der Waals surface area contributed by atoms with E-state index in [-0.39, 0.29) is 16.5 Å². The molecule has 10 nitrogen and oxygen atoms in total. The number of rotatable bonds is 4. The van der Waals surface area contributed by atoms with Crippen LogP contribution in [0.3, 0.4) is 0 Å². The monoisotopic (exact) mass is 439 g/mol. The van der Waals surface area contributed by atoms with E-state index >= 15 is 0 Å². The third kappa shape index (κ3) is 4.94. The van der Waals surface area contributed by atoms with Gasteiger partial charge in [-0.25, -0.2) is 0 Å². The lowest BCUT2D eigenvalue weighted by atomic mass is 10.0. The van der Waals surface area contributed by atoms with E-state index in [2.05, 4.69) is 5.32 Å². The molecule has 0 bridgehead atoms. The van der Waals surface area contributed by atoms with Gasteiger partial charge >= 0.3 is 0 Å². The highest BCUT2D eigenvalue weighted by atomic mass is 32.2. The molecule has 150 valence electrons. The first kappa shape index (κ1) is 21.5. The highest BCUT2D eigenvalue weighted by molar-refractivity contribution is 7.87. The molecule has 0 atom stereocenters. The van der Waals surface area contributed by atoms with Crippen LogP contribution in [-0.4, -0.2) is 44.5 Å². The van der Waals surface area contributed by atoms with E-state index in [1.54, 1.807) is 20.8 Å². The lowest BCUT2D eigenvalue weighted by Crippen LogP contribution is -2.26. The third-order valence-electron chi connectivity index (χ3n) is 3.34. The minimum atomic E-state index is -4.97. The van der Waals surface area contributed by atoms with Crippen molar-refractivity contribution in [1.29, 1.82) is 0 Å². The summed E-state index contributed by atoms with van der Waals surface area (Å²) in [6.07, 6.45) is 0. The highest BCUT2D eigenvalue weighted by Gasteiger charge is 2.25. The first-order chi connectivity index (χ1) is 11.9. The summed E-state index contributed by atoms with van der Waals surface area (Å²) in [5.74, 6) is 0. The molecule has 2 aromatic carbocycles. The molecule has 0 aliphatic rings. The quantitative estimate of drug-likeness (QED) is 0.514. The van der Waals surface area contributed by atoms with E-state index in [0.717, 1.165) is 18.2 Å². The Balaban J connectivity index is 3.15. The van der Waals surface area contributed by atoms with E-state index < -0.39 is 50.6 Å². The molecule has 0 spiro atoms. The summed E-state index contributed by atoms with van der Waals surface area (Å²) in [5.41, 5.74) is -0.801. The molecule has 0 aliphatic carbocycles. The van der Waals surface area contributed by atoms with Gasteiger partial charge in [0.25, 0.3) is 30.4 Å². The number of anilines is 1. The van der Waals surface area contributed by atoms with Crippen LogP contribution in [0.4, 0.5) is 5.69 Å². The average Bonchev–Trinajstić information content (AvgIpc) is 2.41. The van der Waals surface area contributed by atoms with Crippen molar-refractivity contribution in [1.82, 2.24) is 0 Å². The van der Waals surface area contributed by atoms with Crippen molar-refractivity contribution >= 4 is 46.8 Å². The van der Waals surface area contributed by atoms with Gasteiger partial charge in [-0.15, -0.1) is 0 Å². The molecule has 0 saturated carbocycles. The fraction of sp³-hybridized carbons (Fsp3) is 0.286. The first-order valence-corrected chi connectivity index (χ1v) is 11.5. The topological polar surface area (TPSA) is 175 Å². The summed E-state index contributed by atoms with van der Waals surface area (Å²) in [5, 5.41) is 2.36. The molecule has 0 heterocycles. The summed E-state index contributed by atoms with van der Waals surface area (Å²) in [6.45, 7) is 5.04. The van der Waals surface area contributed by atoms with Gasteiger partial charge < -0.3 is 5.32 Å². The summed E-state index contributed by atoms with van der Waals surface area (Å²) < 4.78 is 97.7. The normalized spacial score (nSPS) is 13.7. The second-order valence-electron chi connectivity index (χ2n) is 6.79. The Labute approximate surface area is 156 Å². The molecule has 0 aliphatic heterocycles. The van der Waals surface area contributed by atoms with Gasteiger partial charge in [-0.1, -0.05) is 0 Å². The molecule has 0 fully saturated rings. The minimum absolute atomic E-state index is 0.0952. The van der Waals surface area contributed by atoms with Gasteiger partial charge in [0.2, 0.25) is 0 Å². The first-order valence-electron chi connectivity index (χ1n) is 7.22. The van der Waals surface area contributed by atoms with Crippen LogP contribution in [0.1, 0.15) is 20.8 Å². The van der Waals surface area contributed by atoms with Crippen LogP contribution in [0.25, 0.3) is 10.8 Å². The standard InChI is InChI=1S/C14H17NO9S3/c1-14(2,3)15-11-6-9(25(16,17)18)4-8-5-10(26(19,20)21)7-12(13(8)11)27(22,23)24/h4-7,15H,1-3H3,(H,16,17,18)(H,19,20,21)(H,22,23,24). The number of nitrogens with one attached hydrogen (secondary N) is 1. The minimum Gasteiger partial charge on any atom is -0.380 e. The second kappa shape index (κ2) is 6.39. The van der Waals surface area contributed by atoms with Crippen LogP contribution in [0.5, 0.6) is 0 Å². The van der Waals surface area contributed by atoms with Crippen LogP contribution in [0.15, 0.2) is 39.0 Å². The fourth-order valence-corrected chi connectivity index (χ4v) is 4.35. The summed E-state index contributed by atoms with van der Waals surface area (Å²) in [6, 6.07) is 3.14. The average molecular weight is 439 g/mol. The lowest BCUT2D eigenvalue weighted by molar-refractivity contribution is 0.480. The van der Waals surface area contributed by atoms with Gasteiger partial charge in [0.15, 0.2) is 0 Å². The van der Waals surface area contributed by atoms with E-state index in [4.69, 9.17) is 0 Å². The Morgan fingerprint density at radius 3 is 1.56 bits per heavy atom. The zero-order valence-corrected chi connectivity index (χ0v) is 16.8. The Morgan fingerprint density at radius 1 is 0.741 bits per heavy atom. The molecule has 0 saturated heterocycles. The van der Waals surface area contributed by atoms with Crippen molar-refractivity contribution < 1.29 is 38.9 Å². The summed E-state index contributed by atoms with van der Waals surface area (Å²) >= 11 is 0. The molecule has 0 radical (unpaired) electrons. The van der Waals surface area contributed by atoms with Crippen molar-refractivity contribution in [3.8, 4) is 0 Å². The van der Waals surface area contributed by atoms with Gasteiger partial charge in [-0.05, 0) is 50.4 Å². The molecule has 27 heavy (non-hydrogen) atoms. The van der Waals surface area contributed by atoms with Crippen LogP contribution in [-0.2, 0) is 30.4 Å². The van der Waals surface area contributed by atoms with E-state index in [1.807, 2.05) is 0 Å². The van der Waals surface area contributed by atoms with Crippen LogP contribution >= 0.6 is 0 Å². The van der Waals surface area contributed by atoms with Crippen molar-refractivity contribution in [2.24, 2.45) is 0 Å². The van der Waals surface area contributed by atoms with Gasteiger partial charge in [-0.2, -0.15) is 25.3 Å². The van der Waals surface area contributed by atoms with Crippen LogP contribution < -0.4 is 5.32 Å². The zero-order valence-electron chi connectivity index (χ0n) is 14.3. The maximum absolute atomic E-state index is 11.8. The van der Waals surface area contributed by atoms with Gasteiger partial charge in [0.05, 0.1) is 9.79 Å². The number of fused-ring (bicyclic) bond motifs is 1. The Morgan fingerprint density at radius 2 is 1.19 bits per heavy atom. The molecule has 0 unspecified atom stereocenters. The molecule has 13 heteroatoms. The molecule has 0 amide bonds. The predicted molar refractivity (Wildman–Crippen MR) is 96.8 cm³/mol. The van der Waals surface area contributed by atoms with E-state index in [0.29, 0.717) is 6.07 Å². The lowest BCUT2D eigenvalue weighted by Gasteiger charge is -2.24. The number of benzene rings is 2. The second-order valence-corrected chi connectivity index (χ2v) is 11.0. The Hall–Kier alpha value is -1.77. The molecule has 4 N–H and O–H groups in total. The van der Waals surface area contributed by atoms with Crippen molar-refractivity contribution in [3.63, 3.8) is 0 Å². The zero-order chi connectivity index (χ0) is 21.0. The maximum atomic E-state index is 11.8. The SMILES string of the molecule is CC(C)(C)Nc1cc(S(=O)(=O)O)cc2cc(S(=O)(=O)O)cc(S(=O)(=O)O)c12. The fourth-order valence-electron chi connectivity index (χ4n) is 2.43. The van der Waals surface area contributed by atoms with Crippen LogP contribution in [0, 0.1) is 0 Å². The Bertz CT molecular complexity index is 1230. The molecule has 2 aromatic rings. The van der Waals surface area contributed by atoms with E-state index in [1.165, 1.54) is 0 Å². The largest absolute Gasteiger partial charge is 0.380 e. The number of hydrogen-bond donors (Lipinski definition) is 4. The predicted octanol–water partition coefficient (Wildman–Crippen LogP) is 1.79. The number of hydrogen-bond acceptors (Lipinski definition) is 7. The van der Waals surface area contributed by atoms with Gasteiger partial charge in [0, 0.05) is 16.6 Å². The third-order valence-corrected chi connectivity index (χ3v) is 5.88. The molecular weight excluding hydrogens is 422 g/mol. The maximum Gasteiger partial charge on any atom is 0.295 e. The van der Waals surface area contributed by atoms with Crippen LogP contribution in [0.2, 0.25) is 0 Å². The molecule has 2 rings (SSSR count). The summed E-state index contributed by atoms with van der Waals surface area (Å²) in [7, 11) is -14.6. The summed E-state index contributed by atoms with van der Waals surface area (Å²) in [4.78, 5) is -2.38. The highest BCUT2D eigenvalue weighted by Crippen LogP contribution is 2.36. The van der Waals surface area contributed by atoms with Crippen molar-refractivity contribution in [2.45, 2.75) is 41.0 Å². The van der Waals surface area contributed by atoms with Gasteiger partial charge in [-0.3, -0.25) is 13.7 Å². The van der Waals surface area contributed by atoms with E-state index in [9.17, 15) is 38.9 Å². The Kier molecular flexibility index (Phi) is 5.10. The molecular formula is C14H17NO9S3. The smallest absolute Gasteiger partial charge is 0.295 e. The molecule has 0 aromatic heterocycles. The van der Waals surface area contributed by atoms with Crippen molar-refractivity contribution in [2.75, 3.05) is 5.32 Å².